The Hall–Kier alpha value is -2.24. The van der Waals surface area contributed by atoms with Gasteiger partial charge in [0.15, 0.2) is 11.5 Å². The summed E-state index contributed by atoms with van der Waals surface area (Å²) in [6.45, 7) is 0. The first kappa shape index (κ1) is 17.1. The van der Waals surface area contributed by atoms with Crippen LogP contribution in [0.15, 0.2) is 36.4 Å². The lowest BCUT2D eigenvalue weighted by Gasteiger charge is -2.12. The van der Waals surface area contributed by atoms with Crippen molar-refractivity contribution in [1.29, 1.82) is 0 Å². The predicted octanol–water partition coefficient (Wildman–Crippen LogP) is 3.96. The van der Waals surface area contributed by atoms with Crippen LogP contribution < -0.4 is 14.2 Å². The Kier molecular flexibility index (Phi) is 5.47. The fraction of sp³-hybridized carbons (Fsp3) is 0.125. The monoisotopic (exact) mass is 354 g/mol. The standard InChI is InChI=1S/C16H12Cl2O5/c1-21-11-5-3-9(4-6-11)16(20)23-14-12(17)7-10(15(18)19)8-13(14)22-2/h3-8H,1-2H3. The number of methoxy groups -OCH3 is 2. The lowest BCUT2D eigenvalue weighted by atomic mass is 10.2. The van der Waals surface area contributed by atoms with Crippen molar-refractivity contribution in [1.82, 2.24) is 0 Å². The second kappa shape index (κ2) is 7.35. The first-order valence-electron chi connectivity index (χ1n) is 6.40. The van der Waals surface area contributed by atoms with Crippen LogP contribution in [0.5, 0.6) is 17.2 Å². The van der Waals surface area contributed by atoms with Crippen molar-refractivity contribution in [3.05, 3.63) is 52.5 Å². The van der Waals surface area contributed by atoms with Crippen LogP contribution in [0.1, 0.15) is 20.7 Å². The molecule has 0 unspecified atom stereocenters. The molecule has 0 aliphatic rings. The van der Waals surface area contributed by atoms with Crippen molar-refractivity contribution < 1.29 is 23.8 Å². The fourth-order valence-corrected chi connectivity index (χ4v) is 2.17. The summed E-state index contributed by atoms with van der Waals surface area (Å²) in [4.78, 5) is 23.4. The fourth-order valence-electron chi connectivity index (χ4n) is 1.81. The van der Waals surface area contributed by atoms with Crippen LogP contribution in [0, 0.1) is 0 Å². The number of rotatable bonds is 5. The molecule has 5 nitrogen and oxygen atoms in total. The molecule has 120 valence electrons. The number of hydrogen-bond donors (Lipinski definition) is 0. The third kappa shape index (κ3) is 3.94. The number of halogens is 2. The van der Waals surface area contributed by atoms with Crippen LogP contribution in [0.2, 0.25) is 5.02 Å². The number of esters is 1. The van der Waals surface area contributed by atoms with E-state index in [0.29, 0.717) is 11.3 Å². The van der Waals surface area contributed by atoms with Crippen molar-refractivity contribution in [2.75, 3.05) is 14.2 Å². The Bertz CT molecular complexity index is 741. The highest BCUT2D eigenvalue weighted by Gasteiger charge is 2.18. The molecule has 2 aromatic rings. The summed E-state index contributed by atoms with van der Waals surface area (Å²) in [6, 6.07) is 9.01. The van der Waals surface area contributed by atoms with E-state index in [1.54, 1.807) is 24.3 Å². The minimum absolute atomic E-state index is 0.0108. The molecule has 0 amide bonds. The molecule has 0 saturated heterocycles. The molecule has 0 saturated carbocycles. The average Bonchev–Trinajstić information content (AvgIpc) is 2.56. The molecule has 2 aromatic carbocycles. The highest BCUT2D eigenvalue weighted by atomic mass is 35.5. The maximum Gasteiger partial charge on any atom is 0.343 e. The van der Waals surface area contributed by atoms with Gasteiger partial charge in [-0.15, -0.1) is 0 Å². The van der Waals surface area contributed by atoms with E-state index in [-0.39, 0.29) is 22.1 Å². The minimum atomic E-state index is -0.696. The Morgan fingerprint density at radius 3 is 2.13 bits per heavy atom. The van der Waals surface area contributed by atoms with E-state index in [1.165, 1.54) is 26.4 Å². The van der Waals surface area contributed by atoms with Gasteiger partial charge in [-0.3, -0.25) is 4.79 Å². The van der Waals surface area contributed by atoms with E-state index < -0.39 is 11.2 Å². The second-order valence-electron chi connectivity index (χ2n) is 4.38. The van der Waals surface area contributed by atoms with Crippen molar-refractivity contribution in [2.45, 2.75) is 0 Å². The lowest BCUT2D eigenvalue weighted by Crippen LogP contribution is -2.10. The Balaban J connectivity index is 2.31. The number of carbonyl (C=O) groups excluding carboxylic acids is 2. The van der Waals surface area contributed by atoms with E-state index in [2.05, 4.69) is 0 Å². The number of benzene rings is 2. The second-order valence-corrected chi connectivity index (χ2v) is 5.13. The normalized spacial score (nSPS) is 10.1. The van der Waals surface area contributed by atoms with Crippen LogP contribution in [0.3, 0.4) is 0 Å². The topological polar surface area (TPSA) is 61.8 Å². The van der Waals surface area contributed by atoms with E-state index >= 15 is 0 Å². The van der Waals surface area contributed by atoms with Gasteiger partial charge in [-0.05, 0) is 48.0 Å². The smallest absolute Gasteiger partial charge is 0.343 e. The van der Waals surface area contributed by atoms with Crippen LogP contribution >= 0.6 is 23.2 Å². The third-order valence-electron chi connectivity index (χ3n) is 2.98. The van der Waals surface area contributed by atoms with Crippen LogP contribution in [0.4, 0.5) is 0 Å². The summed E-state index contributed by atoms with van der Waals surface area (Å²) in [7, 11) is 2.89. The molecule has 0 atom stereocenters. The molecule has 0 aliphatic heterocycles. The molecule has 0 N–H and O–H groups in total. The maximum absolute atomic E-state index is 12.2. The van der Waals surface area contributed by atoms with Crippen LogP contribution in [-0.4, -0.2) is 25.4 Å². The number of ether oxygens (including phenoxy) is 3. The summed E-state index contributed by atoms with van der Waals surface area (Å²) in [5.41, 5.74) is 0.444. The third-order valence-corrected chi connectivity index (χ3v) is 3.48. The zero-order valence-electron chi connectivity index (χ0n) is 12.3. The van der Waals surface area contributed by atoms with Crippen molar-refractivity contribution in [2.24, 2.45) is 0 Å². The van der Waals surface area contributed by atoms with Gasteiger partial charge in [0.2, 0.25) is 0 Å². The van der Waals surface area contributed by atoms with Gasteiger partial charge in [0, 0.05) is 5.56 Å². The van der Waals surface area contributed by atoms with Gasteiger partial charge in [-0.1, -0.05) is 11.6 Å². The molecule has 7 heteroatoms. The quantitative estimate of drug-likeness (QED) is 0.462. The molecule has 0 aromatic heterocycles. The summed E-state index contributed by atoms with van der Waals surface area (Å²) in [6.07, 6.45) is 0. The molecule has 2 rings (SSSR count). The minimum Gasteiger partial charge on any atom is -0.497 e. The lowest BCUT2D eigenvalue weighted by molar-refractivity contribution is 0.0730. The molecular formula is C16H12Cl2O5. The highest BCUT2D eigenvalue weighted by Crippen LogP contribution is 2.37. The van der Waals surface area contributed by atoms with E-state index in [4.69, 9.17) is 37.4 Å². The van der Waals surface area contributed by atoms with Gasteiger partial charge < -0.3 is 14.2 Å². The van der Waals surface area contributed by atoms with Gasteiger partial charge in [-0.2, -0.15) is 0 Å². The van der Waals surface area contributed by atoms with E-state index in [9.17, 15) is 9.59 Å². The molecule has 0 radical (unpaired) electrons. The largest absolute Gasteiger partial charge is 0.497 e. The van der Waals surface area contributed by atoms with Gasteiger partial charge in [0.1, 0.15) is 5.75 Å². The molecule has 0 fully saturated rings. The number of hydrogen-bond acceptors (Lipinski definition) is 5. The Morgan fingerprint density at radius 2 is 1.61 bits per heavy atom. The molecule has 0 heterocycles. The zero-order chi connectivity index (χ0) is 17.0. The maximum atomic E-state index is 12.2. The molecule has 0 spiro atoms. The van der Waals surface area contributed by atoms with Crippen molar-refractivity contribution >= 4 is 34.4 Å². The van der Waals surface area contributed by atoms with Crippen LogP contribution in [0.25, 0.3) is 0 Å². The van der Waals surface area contributed by atoms with Crippen LogP contribution in [-0.2, 0) is 0 Å². The molecular weight excluding hydrogens is 343 g/mol. The van der Waals surface area contributed by atoms with Gasteiger partial charge >= 0.3 is 5.97 Å². The molecule has 0 aliphatic carbocycles. The van der Waals surface area contributed by atoms with Gasteiger partial charge in [-0.25, -0.2) is 4.79 Å². The summed E-state index contributed by atoms with van der Waals surface area (Å²) in [5.74, 6) is 0.125. The Labute approximate surface area is 142 Å². The highest BCUT2D eigenvalue weighted by molar-refractivity contribution is 6.67. The first-order chi connectivity index (χ1) is 11.0. The predicted molar refractivity (Wildman–Crippen MR) is 86.1 cm³/mol. The first-order valence-corrected chi connectivity index (χ1v) is 7.15. The summed E-state index contributed by atoms with van der Waals surface area (Å²) in [5, 5.41) is -0.659. The molecule has 0 bridgehead atoms. The van der Waals surface area contributed by atoms with Gasteiger partial charge in [0.05, 0.1) is 24.8 Å². The SMILES string of the molecule is COc1ccc(C(=O)Oc2c(Cl)cc(C(=O)Cl)cc2OC)cc1. The summed E-state index contributed by atoms with van der Waals surface area (Å²) < 4.78 is 15.4. The number of carbonyl (C=O) groups is 2. The summed E-state index contributed by atoms with van der Waals surface area (Å²) >= 11 is 11.5. The van der Waals surface area contributed by atoms with E-state index in [0.717, 1.165) is 0 Å². The molecule has 23 heavy (non-hydrogen) atoms. The van der Waals surface area contributed by atoms with Crippen molar-refractivity contribution in [3.8, 4) is 17.2 Å². The van der Waals surface area contributed by atoms with Crippen molar-refractivity contribution in [3.63, 3.8) is 0 Å². The van der Waals surface area contributed by atoms with E-state index in [1.807, 2.05) is 0 Å². The zero-order valence-corrected chi connectivity index (χ0v) is 13.8. The van der Waals surface area contributed by atoms with Gasteiger partial charge in [0.25, 0.3) is 5.24 Å². The average molecular weight is 355 g/mol. The Morgan fingerprint density at radius 1 is 0.957 bits per heavy atom.